The zero-order valence-corrected chi connectivity index (χ0v) is 21.2. The van der Waals surface area contributed by atoms with Crippen molar-refractivity contribution >= 4 is 29.0 Å². The van der Waals surface area contributed by atoms with E-state index in [1.807, 2.05) is 51.1 Å². The third kappa shape index (κ3) is 4.68. The largest absolute Gasteiger partial charge is 0.389 e. The molecular formula is C28H32N4O4. The van der Waals surface area contributed by atoms with Crippen LogP contribution in [0.25, 0.3) is 0 Å². The Balaban J connectivity index is 1.80. The average molecular weight is 489 g/mol. The molecule has 0 spiro atoms. The number of benzene rings is 2. The zero-order valence-electron chi connectivity index (χ0n) is 21.2. The molecule has 8 heteroatoms. The van der Waals surface area contributed by atoms with Crippen LogP contribution in [0.2, 0.25) is 0 Å². The van der Waals surface area contributed by atoms with E-state index in [0.29, 0.717) is 22.6 Å². The Labute approximate surface area is 210 Å². The molecule has 0 saturated heterocycles. The molecule has 4 atom stereocenters. The van der Waals surface area contributed by atoms with Gasteiger partial charge in [0.2, 0.25) is 11.8 Å². The molecule has 4 rings (SSSR count). The fourth-order valence-electron chi connectivity index (χ4n) is 5.16. The lowest BCUT2D eigenvalue weighted by Gasteiger charge is -2.44. The molecule has 1 fully saturated rings. The molecule has 36 heavy (non-hydrogen) atoms. The lowest BCUT2D eigenvalue weighted by molar-refractivity contribution is -0.150. The Hall–Kier alpha value is -3.78. The highest BCUT2D eigenvalue weighted by atomic mass is 16.3. The molecule has 1 heterocycles. The van der Waals surface area contributed by atoms with Gasteiger partial charge in [-0.3, -0.25) is 19.1 Å². The summed E-state index contributed by atoms with van der Waals surface area (Å²) in [5.41, 5.74) is 2.54. The number of aromatic nitrogens is 2. The average Bonchev–Trinajstić information content (AvgIpc) is 3.13. The van der Waals surface area contributed by atoms with Crippen molar-refractivity contribution in [2.75, 3.05) is 10.6 Å². The number of amides is 2. The second-order valence-corrected chi connectivity index (χ2v) is 9.90. The maximum absolute atomic E-state index is 13.8. The molecule has 8 nitrogen and oxygen atoms in total. The van der Waals surface area contributed by atoms with Gasteiger partial charge in [0.25, 0.3) is 0 Å². The van der Waals surface area contributed by atoms with E-state index in [1.54, 1.807) is 36.1 Å². The Morgan fingerprint density at radius 3 is 2.00 bits per heavy atom. The van der Waals surface area contributed by atoms with Crippen LogP contribution in [0.3, 0.4) is 0 Å². The molecule has 0 aliphatic heterocycles. The third-order valence-corrected chi connectivity index (χ3v) is 7.27. The standard InChI is InChI=1S/C28H32N4O4/c1-16-10-6-8-12-20(16)30-26(34)24-22(33)14-28(4,36)25(23(24)19-15-29-32(5)18(19)3)27(35)31-21-13-9-7-11-17(21)2/h6-13,15,23-25,36H,14H2,1-5H3,(H,30,34)(H,31,35). The summed E-state index contributed by atoms with van der Waals surface area (Å²) in [7, 11) is 1.76. The minimum atomic E-state index is -1.67. The van der Waals surface area contributed by atoms with Crippen LogP contribution in [0.4, 0.5) is 11.4 Å². The summed E-state index contributed by atoms with van der Waals surface area (Å²) in [6.45, 7) is 7.05. The van der Waals surface area contributed by atoms with Crippen LogP contribution in [-0.4, -0.2) is 38.1 Å². The van der Waals surface area contributed by atoms with Gasteiger partial charge in [0, 0.05) is 36.5 Å². The monoisotopic (exact) mass is 488 g/mol. The SMILES string of the molecule is Cc1ccccc1NC(=O)C1C(=O)CC(C)(O)C(C(=O)Nc2ccccc2C)C1c1cnn(C)c1C. The number of carbonyl (C=O) groups is 3. The minimum absolute atomic E-state index is 0.319. The second kappa shape index (κ2) is 9.70. The van der Waals surface area contributed by atoms with Gasteiger partial charge in [-0.15, -0.1) is 0 Å². The first-order chi connectivity index (χ1) is 17.0. The number of rotatable bonds is 5. The Kier molecular flexibility index (Phi) is 6.82. The zero-order chi connectivity index (χ0) is 26.2. The Morgan fingerprint density at radius 1 is 0.972 bits per heavy atom. The summed E-state index contributed by atoms with van der Waals surface area (Å²) in [6, 6.07) is 14.6. The van der Waals surface area contributed by atoms with Gasteiger partial charge in [-0.25, -0.2) is 0 Å². The lowest BCUT2D eigenvalue weighted by atomic mass is 9.61. The number of anilines is 2. The molecule has 188 valence electrons. The van der Waals surface area contributed by atoms with E-state index in [-0.39, 0.29) is 6.42 Å². The van der Waals surface area contributed by atoms with Gasteiger partial charge in [-0.2, -0.15) is 5.10 Å². The van der Waals surface area contributed by atoms with Crippen molar-refractivity contribution in [1.29, 1.82) is 0 Å². The topological polar surface area (TPSA) is 113 Å². The molecule has 1 aromatic heterocycles. The first kappa shape index (κ1) is 25.3. The number of carbonyl (C=O) groups excluding carboxylic acids is 3. The van der Waals surface area contributed by atoms with Crippen molar-refractivity contribution in [1.82, 2.24) is 9.78 Å². The molecule has 1 aliphatic carbocycles. The number of nitrogens with zero attached hydrogens (tertiary/aromatic N) is 2. The predicted molar refractivity (Wildman–Crippen MR) is 138 cm³/mol. The van der Waals surface area contributed by atoms with Crippen LogP contribution < -0.4 is 10.6 Å². The van der Waals surface area contributed by atoms with E-state index in [9.17, 15) is 19.5 Å². The van der Waals surface area contributed by atoms with Gasteiger partial charge >= 0.3 is 0 Å². The molecule has 3 N–H and O–H groups in total. The first-order valence-electron chi connectivity index (χ1n) is 12.0. The van der Waals surface area contributed by atoms with Crippen LogP contribution in [0, 0.1) is 32.6 Å². The fraction of sp³-hybridized carbons (Fsp3) is 0.357. The van der Waals surface area contributed by atoms with Crippen LogP contribution in [0.15, 0.2) is 54.7 Å². The summed E-state index contributed by atoms with van der Waals surface area (Å²) in [4.78, 5) is 40.9. The summed E-state index contributed by atoms with van der Waals surface area (Å²) in [6.07, 6.45) is 1.26. The van der Waals surface area contributed by atoms with Crippen LogP contribution >= 0.6 is 0 Å². The van der Waals surface area contributed by atoms with Gasteiger partial charge in [0.1, 0.15) is 11.7 Å². The van der Waals surface area contributed by atoms with E-state index >= 15 is 0 Å². The highest BCUT2D eigenvalue weighted by Crippen LogP contribution is 2.47. The van der Waals surface area contributed by atoms with E-state index in [1.165, 1.54) is 6.92 Å². The normalized spacial score (nSPS) is 23.8. The van der Waals surface area contributed by atoms with E-state index in [0.717, 1.165) is 11.1 Å². The summed E-state index contributed by atoms with van der Waals surface area (Å²) >= 11 is 0. The smallest absolute Gasteiger partial charge is 0.235 e. The van der Waals surface area contributed by atoms with E-state index < -0.39 is 41.0 Å². The van der Waals surface area contributed by atoms with Gasteiger partial charge < -0.3 is 15.7 Å². The predicted octanol–water partition coefficient (Wildman–Crippen LogP) is 3.66. The number of aliphatic hydroxyl groups is 1. The van der Waals surface area contributed by atoms with Crippen molar-refractivity contribution < 1.29 is 19.5 Å². The fourth-order valence-corrected chi connectivity index (χ4v) is 5.16. The number of nitrogens with one attached hydrogen (secondary N) is 2. The number of hydrogen-bond acceptors (Lipinski definition) is 5. The highest BCUT2D eigenvalue weighted by Gasteiger charge is 2.56. The van der Waals surface area contributed by atoms with Crippen molar-refractivity contribution in [2.45, 2.75) is 45.6 Å². The van der Waals surface area contributed by atoms with Crippen LogP contribution in [0.1, 0.15) is 41.6 Å². The molecular weight excluding hydrogens is 456 g/mol. The van der Waals surface area contributed by atoms with Gasteiger partial charge in [0.05, 0.1) is 17.7 Å². The summed E-state index contributed by atoms with van der Waals surface area (Å²) < 4.78 is 1.63. The molecule has 4 unspecified atom stereocenters. The lowest BCUT2D eigenvalue weighted by Crippen LogP contribution is -2.56. The molecule has 3 aromatic rings. The van der Waals surface area contributed by atoms with Crippen LogP contribution in [0.5, 0.6) is 0 Å². The van der Waals surface area contributed by atoms with Crippen molar-refractivity contribution in [3.05, 3.63) is 77.1 Å². The van der Waals surface area contributed by atoms with Gasteiger partial charge in [0.15, 0.2) is 0 Å². The van der Waals surface area contributed by atoms with Crippen molar-refractivity contribution in [3.8, 4) is 0 Å². The number of para-hydroxylation sites is 2. The minimum Gasteiger partial charge on any atom is -0.389 e. The molecule has 1 saturated carbocycles. The Bertz CT molecular complexity index is 1330. The van der Waals surface area contributed by atoms with Crippen molar-refractivity contribution in [3.63, 3.8) is 0 Å². The summed E-state index contributed by atoms with van der Waals surface area (Å²) in [5, 5.41) is 21.6. The number of ketones is 1. The molecule has 1 aliphatic rings. The maximum atomic E-state index is 13.8. The molecule has 0 radical (unpaired) electrons. The summed E-state index contributed by atoms with van der Waals surface area (Å²) in [5.74, 6) is -4.55. The van der Waals surface area contributed by atoms with E-state index in [4.69, 9.17) is 0 Å². The maximum Gasteiger partial charge on any atom is 0.235 e. The van der Waals surface area contributed by atoms with Gasteiger partial charge in [-0.1, -0.05) is 36.4 Å². The third-order valence-electron chi connectivity index (χ3n) is 7.27. The van der Waals surface area contributed by atoms with Crippen molar-refractivity contribution in [2.24, 2.45) is 18.9 Å². The molecule has 0 bridgehead atoms. The molecule has 2 aromatic carbocycles. The number of aryl methyl sites for hydroxylation is 3. The number of hydrogen-bond donors (Lipinski definition) is 3. The van der Waals surface area contributed by atoms with E-state index in [2.05, 4.69) is 15.7 Å². The first-order valence-corrected chi connectivity index (χ1v) is 12.0. The Morgan fingerprint density at radius 2 is 1.50 bits per heavy atom. The quantitative estimate of drug-likeness (QED) is 0.475. The van der Waals surface area contributed by atoms with Crippen LogP contribution in [-0.2, 0) is 21.4 Å². The second-order valence-electron chi connectivity index (χ2n) is 9.90. The highest BCUT2D eigenvalue weighted by molar-refractivity contribution is 6.10. The number of Topliss-reactive ketones (excluding diaryl/α,β-unsaturated/α-hetero) is 1. The van der Waals surface area contributed by atoms with Gasteiger partial charge in [-0.05, 0) is 56.5 Å². The molecule has 2 amide bonds.